The van der Waals surface area contributed by atoms with Gasteiger partial charge in [-0.25, -0.2) is 18.8 Å². The average molecular weight is 869 g/mol. The first-order chi connectivity index (χ1) is 30.3. The number of halogens is 1. The van der Waals surface area contributed by atoms with E-state index in [0.717, 1.165) is 24.5 Å². The number of carbonyl (C=O) groups excluding carboxylic acids is 4. The number of piperazine rings is 1. The van der Waals surface area contributed by atoms with Crippen molar-refractivity contribution < 1.29 is 42.9 Å². The van der Waals surface area contributed by atoms with E-state index in [2.05, 4.69) is 16.0 Å². The van der Waals surface area contributed by atoms with Gasteiger partial charge in [-0.15, -0.1) is 0 Å². The fraction of sp³-hybridized carbons (Fsp3) is 0.378. The zero-order valence-electron chi connectivity index (χ0n) is 35.0. The Bertz CT molecular complexity index is 2380. The Kier molecular flexibility index (Phi) is 15.2. The highest BCUT2D eigenvalue weighted by atomic mass is 19.1. The smallest absolute Gasteiger partial charge is 0.410 e. The molecule has 1 saturated carbocycles. The van der Waals surface area contributed by atoms with Crippen molar-refractivity contribution in [2.75, 3.05) is 42.9 Å². The van der Waals surface area contributed by atoms with Gasteiger partial charge in [0.1, 0.15) is 30.6 Å². The van der Waals surface area contributed by atoms with Gasteiger partial charge in [-0.2, -0.15) is 0 Å². The van der Waals surface area contributed by atoms with Crippen molar-refractivity contribution in [3.63, 3.8) is 0 Å². The van der Waals surface area contributed by atoms with Crippen molar-refractivity contribution in [2.24, 2.45) is 23.3 Å². The summed E-state index contributed by atoms with van der Waals surface area (Å²) < 4.78 is 28.0. The summed E-state index contributed by atoms with van der Waals surface area (Å²) in [7, 11) is 0. The third-order valence-electron chi connectivity index (χ3n) is 11.2. The molecule has 1 aliphatic carbocycles. The first kappa shape index (κ1) is 45.4. The van der Waals surface area contributed by atoms with Gasteiger partial charge in [-0.1, -0.05) is 42.5 Å². The first-order valence-electron chi connectivity index (χ1n) is 20.9. The molecule has 0 spiro atoms. The molecule has 17 nitrogen and oxygen atoms in total. The van der Waals surface area contributed by atoms with Crippen LogP contribution in [-0.2, 0) is 38.8 Å². The van der Waals surface area contributed by atoms with E-state index in [4.69, 9.17) is 20.9 Å². The van der Waals surface area contributed by atoms with Crippen LogP contribution in [0.3, 0.4) is 0 Å². The minimum Gasteiger partial charge on any atom is -0.477 e. The summed E-state index contributed by atoms with van der Waals surface area (Å²) >= 11 is 0. The highest BCUT2D eigenvalue weighted by Gasteiger charge is 2.35. The predicted molar refractivity (Wildman–Crippen MR) is 233 cm³/mol. The second-order valence-corrected chi connectivity index (χ2v) is 15.6. The van der Waals surface area contributed by atoms with Gasteiger partial charge in [0.05, 0.1) is 17.6 Å². The Morgan fingerprint density at radius 1 is 0.937 bits per heavy atom. The molecule has 1 saturated heterocycles. The molecule has 2 atom stereocenters. The van der Waals surface area contributed by atoms with Crippen molar-refractivity contribution >= 4 is 52.2 Å². The number of anilines is 2. The number of benzene rings is 3. The van der Waals surface area contributed by atoms with E-state index in [1.165, 1.54) is 17.2 Å². The zero-order valence-corrected chi connectivity index (χ0v) is 35.0. The normalized spacial score (nSPS) is 15.0. The number of aryl methyl sites for hydroxylation is 1. The minimum atomic E-state index is -1.38. The summed E-state index contributed by atoms with van der Waals surface area (Å²) in [6, 6.07) is 17.4. The van der Waals surface area contributed by atoms with Crippen molar-refractivity contribution in [2.45, 2.75) is 64.8 Å². The van der Waals surface area contributed by atoms with Crippen molar-refractivity contribution in [1.82, 2.24) is 20.1 Å². The van der Waals surface area contributed by atoms with E-state index < -0.39 is 40.9 Å². The molecule has 334 valence electrons. The van der Waals surface area contributed by atoms with E-state index in [-0.39, 0.29) is 74.1 Å². The van der Waals surface area contributed by atoms with E-state index in [1.54, 1.807) is 46.9 Å². The van der Waals surface area contributed by atoms with E-state index in [9.17, 15) is 33.9 Å². The van der Waals surface area contributed by atoms with Gasteiger partial charge in [0.2, 0.25) is 11.3 Å². The maximum Gasteiger partial charge on any atom is 0.410 e. The van der Waals surface area contributed by atoms with E-state index in [0.29, 0.717) is 54.9 Å². The average Bonchev–Trinajstić information content (AvgIpc) is 4.13. The number of nitrogens with zero attached hydrogens (tertiary/aromatic N) is 3. The maximum atomic E-state index is 15.3. The lowest BCUT2D eigenvalue weighted by Gasteiger charge is -2.35. The molecule has 0 unspecified atom stereocenters. The Hall–Kier alpha value is -7.11. The number of carboxylic acid groups (broad SMARTS) is 1. The fourth-order valence-electron chi connectivity index (χ4n) is 7.48. The Balaban J connectivity index is 1.00. The van der Waals surface area contributed by atoms with Crippen LogP contribution >= 0.6 is 0 Å². The molecule has 0 radical (unpaired) electrons. The number of primary amides is 1. The number of nitrogens with two attached hydrogens (primary N) is 2. The monoisotopic (exact) mass is 868 g/mol. The van der Waals surface area contributed by atoms with Gasteiger partial charge in [0, 0.05) is 74.4 Å². The molecule has 8 N–H and O–H groups in total. The van der Waals surface area contributed by atoms with Gasteiger partial charge >= 0.3 is 24.1 Å². The van der Waals surface area contributed by atoms with Crippen LogP contribution in [0.5, 0.6) is 0 Å². The van der Waals surface area contributed by atoms with Crippen LogP contribution in [0.1, 0.15) is 60.5 Å². The molecule has 2 heterocycles. The molecule has 4 amide bonds. The number of aromatic nitrogens is 1. The van der Waals surface area contributed by atoms with Crippen LogP contribution in [0.25, 0.3) is 10.9 Å². The van der Waals surface area contributed by atoms with Crippen LogP contribution in [0, 0.1) is 17.7 Å². The highest BCUT2D eigenvalue weighted by molar-refractivity contribution is 5.95. The third kappa shape index (κ3) is 12.3. The Morgan fingerprint density at radius 2 is 1.62 bits per heavy atom. The topological polar surface area (TPSA) is 241 Å². The number of carbonyl (C=O) groups is 5. The number of allylic oxidation sites excluding steroid dienone is 1. The number of ether oxygens (including phenoxy) is 2. The maximum absolute atomic E-state index is 15.3. The minimum absolute atomic E-state index is 0.0211. The predicted octanol–water partition coefficient (Wildman–Crippen LogP) is 4.62. The van der Waals surface area contributed by atoms with E-state index >= 15 is 4.39 Å². The molecule has 1 aliphatic heterocycles. The summed E-state index contributed by atoms with van der Waals surface area (Å²) in [4.78, 5) is 78.2. The van der Waals surface area contributed by atoms with Gasteiger partial charge in [-0.3, -0.25) is 14.4 Å². The van der Waals surface area contributed by atoms with Crippen LogP contribution in [0.4, 0.5) is 25.4 Å². The number of amides is 4. The second kappa shape index (κ2) is 21.1. The number of pyridine rings is 1. The molecule has 18 heteroatoms. The molecule has 1 aromatic heterocycles. The SMILES string of the molecule is CCn1cc(C(=O)O)c(=O)c2cc(F)c(N3CCN(C(=O)OCc4ccc(NC(=O)[C@H](CCCNC(N)=O)N/C=C(\N)[C@@H](CC(=O)OCc5ccccc5)C5CC5)cc4)CC3)cc21. The Labute approximate surface area is 363 Å². The summed E-state index contributed by atoms with van der Waals surface area (Å²) in [6.45, 7) is 3.62. The lowest BCUT2D eigenvalue weighted by Crippen LogP contribution is -2.49. The number of fused-ring (bicyclic) bond motifs is 1. The summed E-state index contributed by atoms with van der Waals surface area (Å²) in [5, 5.41) is 18.0. The lowest BCUT2D eigenvalue weighted by atomic mass is 9.96. The lowest BCUT2D eigenvalue weighted by molar-refractivity contribution is -0.146. The molecule has 2 fully saturated rings. The van der Waals surface area contributed by atoms with Gasteiger partial charge < -0.3 is 56.4 Å². The quantitative estimate of drug-likeness (QED) is 0.0559. The summed E-state index contributed by atoms with van der Waals surface area (Å²) in [5.74, 6) is -2.80. The molecular formula is C45H53FN8O9. The standard InChI is InChI=1S/C45H53FN8O9/c1-2-52-25-34(43(58)59)41(56)33-21-35(46)39(23-38(33)52)53-17-19-54(20-18-53)45(61)63-27-29-10-14-31(15-11-29)51-42(57)37(9-6-16-49-44(48)60)50-24-36(47)32(30-12-13-30)22-40(55)62-26-28-7-4-3-5-8-28/h3-5,7-8,10-11,14-15,21,23-25,30,32,37,50H,2,6,9,12-13,16-20,22,26-27,47H2,1H3,(H,51,57)(H,58,59)(H3,48,49,60)/b36-24-/t32-,37-/m0/s1. The molecule has 0 bridgehead atoms. The van der Waals surface area contributed by atoms with Crippen LogP contribution < -0.4 is 37.7 Å². The number of esters is 1. The molecule has 63 heavy (non-hydrogen) atoms. The number of aromatic carboxylic acids is 1. The highest BCUT2D eigenvalue weighted by Crippen LogP contribution is 2.41. The largest absolute Gasteiger partial charge is 0.477 e. The number of hydrogen-bond acceptors (Lipinski definition) is 11. The van der Waals surface area contributed by atoms with Crippen LogP contribution in [-0.4, -0.2) is 83.3 Å². The first-order valence-corrected chi connectivity index (χ1v) is 20.9. The van der Waals surface area contributed by atoms with Gasteiger partial charge in [0.15, 0.2) is 0 Å². The van der Waals surface area contributed by atoms with Crippen molar-refractivity contribution in [3.8, 4) is 0 Å². The van der Waals surface area contributed by atoms with Crippen LogP contribution in [0.15, 0.2) is 89.6 Å². The molecule has 6 rings (SSSR count). The number of hydrogen-bond donors (Lipinski definition) is 6. The molecule has 3 aromatic carbocycles. The zero-order chi connectivity index (χ0) is 45.0. The van der Waals surface area contributed by atoms with Gasteiger partial charge in [0.25, 0.3) is 0 Å². The summed E-state index contributed by atoms with van der Waals surface area (Å²) in [6.07, 6.45) is 5.01. The van der Waals surface area contributed by atoms with Crippen molar-refractivity contribution in [1.29, 1.82) is 0 Å². The number of urea groups is 1. The number of carboxylic acids is 1. The third-order valence-corrected chi connectivity index (χ3v) is 11.2. The molecule has 2 aliphatic rings. The Morgan fingerprint density at radius 3 is 2.27 bits per heavy atom. The van der Waals surface area contributed by atoms with Crippen LogP contribution in [0.2, 0.25) is 0 Å². The summed E-state index contributed by atoms with van der Waals surface area (Å²) in [5.41, 5.74) is 13.7. The second-order valence-electron chi connectivity index (χ2n) is 15.6. The number of nitrogens with one attached hydrogen (secondary N) is 3. The van der Waals surface area contributed by atoms with Crippen molar-refractivity contribution in [3.05, 3.63) is 118 Å². The number of rotatable bonds is 19. The van der Waals surface area contributed by atoms with Gasteiger partial charge in [-0.05, 0) is 73.9 Å². The fourth-order valence-corrected chi connectivity index (χ4v) is 7.48. The molecular weight excluding hydrogens is 816 g/mol. The molecule has 4 aromatic rings. The van der Waals surface area contributed by atoms with E-state index in [1.807, 2.05) is 30.3 Å².